The summed E-state index contributed by atoms with van der Waals surface area (Å²) in [6, 6.07) is 17.6. The van der Waals surface area contributed by atoms with E-state index in [2.05, 4.69) is 20.8 Å². The van der Waals surface area contributed by atoms with Gasteiger partial charge in [-0.25, -0.2) is 4.79 Å². The molecule has 1 atom stereocenters. The standard InChI is InChI=1S/C31H31NO7/c1-31(2,3)20-12-10-18(11-13-20)26-25(27(33)23-17-22(37-4)14-15-24(23)38-5)28(34)29(35)32(26)21-9-7-8-19(16-21)30(36)39-6/h7-17,26,33H,1-6H3/b27-25+. The number of ketones is 1. The van der Waals surface area contributed by atoms with Crippen molar-refractivity contribution in [1.29, 1.82) is 0 Å². The van der Waals surface area contributed by atoms with Crippen molar-refractivity contribution in [2.24, 2.45) is 0 Å². The molecule has 202 valence electrons. The molecule has 0 radical (unpaired) electrons. The number of aliphatic hydroxyl groups is 1. The lowest BCUT2D eigenvalue weighted by Gasteiger charge is -2.27. The van der Waals surface area contributed by atoms with Gasteiger partial charge in [0.25, 0.3) is 11.7 Å². The Morgan fingerprint density at radius 3 is 2.18 bits per heavy atom. The molecule has 0 saturated carbocycles. The zero-order valence-electron chi connectivity index (χ0n) is 22.8. The molecule has 3 aromatic carbocycles. The van der Waals surface area contributed by atoms with Crippen LogP contribution in [-0.4, -0.2) is 44.1 Å². The number of Topliss-reactive ketones (excluding diaryl/α,β-unsaturated/α-hetero) is 1. The van der Waals surface area contributed by atoms with E-state index in [4.69, 9.17) is 14.2 Å². The summed E-state index contributed by atoms with van der Waals surface area (Å²) in [4.78, 5) is 40.6. The molecule has 0 aromatic heterocycles. The van der Waals surface area contributed by atoms with E-state index in [1.54, 1.807) is 36.4 Å². The second-order valence-electron chi connectivity index (χ2n) is 10.1. The Hall–Kier alpha value is -4.59. The van der Waals surface area contributed by atoms with E-state index in [0.29, 0.717) is 22.7 Å². The van der Waals surface area contributed by atoms with Gasteiger partial charge < -0.3 is 19.3 Å². The Balaban J connectivity index is 1.98. The van der Waals surface area contributed by atoms with Crippen molar-refractivity contribution in [3.8, 4) is 11.5 Å². The van der Waals surface area contributed by atoms with Gasteiger partial charge in [-0.1, -0.05) is 51.1 Å². The van der Waals surface area contributed by atoms with Crippen LogP contribution in [0, 0.1) is 0 Å². The average Bonchev–Trinajstić information content (AvgIpc) is 3.21. The fourth-order valence-corrected chi connectivity index (χ4v) is 4.62. The third-order valence-corrected chi connectivity index (χ3v) is 6.74. The third kappa shape index (κ3) is 5.10. The summed E-state index contributed by atoms with van der Waals surface area (Å²) in [7, 11) is 4.19. The van der Waals surface area contributed by atoms with Crippen LogP contribution in [0.25, 0.3) is 5.76 Å². The van der Waals surface area contributed by atoms with Gasteiger partial charge in [-0.05, 0) is 52.9 Å². The fraction of sp³-hybridized carbons (Fsp3) is 0.258. The number of anilines is 1. The summed E-state index contributed by atoms with van der Waals surface area (Å²) in [6.07, 6.45) is 0. The van der Waals surface area contributed by atoms with Gasteiger partial charge >= 0.3 is 5.97 Å². The highest BCUT2D eigenvalue weighted by atomic mass is 16.5. The van der Waals surface area contributed by atoms with Gasteiger partial charge in [0.2, 0.25) is 0 Å². The Labute approximate surface area is 227 Å². The van der Waals surface area contributed by atoms with Crippen molar-refractivity contribution in [3.05, 3.63) is 94.6 Å². The summed E-state index contributed by atoms with van der Waals surface area (Å²) < 4.78 is 15.6. The number of amides is 1. The molecule has 1 saturated heterocycles. The van der Waals surface area contributed by atoms with E-state index in [9.17, 15) is 19.5 Å². The second kappa shape index (κ2) is 10.6. The predicted octanol–water partition coefficient (Wildman–Crippen LogP) is 5.41. The van der Waals surface area contributed by atoms with E-state index in [0.717, 1.165) is 5.56 Å². The molecule has 1 unspecified atom stereocenters. The average molecular weight is 530 g/mol. The van der Waals surface area contributed by atoms with Crippen LogP contribution in [0.4, 0.5) is 5.69 Å². The smallest absolute Gasteiger partial charge is 0.337 e. The lowest BCUT2D eigenvalue weighted by atomic mass is 9.85. The molecule has 0 aliphatic carbocycles. The summed E-state index contributed by atoms with van der Waals surface area (Å²) >= 11 is 0. The number of aliphatic hydroxyl groups excluding tert-OH is 1. The maximum atomic E-state index is 13.6. The topological polar surface area (TPSA) is 102 Å². The van der Waals surface area contributed by atoms with Crippen LogP contribution in [0.1, 0.15) is 53.9 Å². The van der Waals surface area contributed by atoms with Crippen molar-refractivity contribution < 1.29 is 33.7 Å². The summed E-state index contributed by atoms with van der Waals surface area (Å²) in [6.45, 7) is 6.25. The number of rotatable bonds is 6. The van der Waals surface area contributed by atoms with Crippen LogP contribution >= 0.6 is 0 Å². The number of benzene rings is 3. The zero-order valence-corrected chi connectivity index (χ0v) is 22.8. The van der Waals surface area contributed by atoms with E-state index < -0.39 is 29.5 Å². The van der Waals surface area contributed by atoms with Crippen molar-refractivity contribution in [1.82, 2.24) is 0 Å². The first kappa shape index (κ1) is 27.4. The van der Waals surface area contributed by atoms with Crippen molar-refractivity contribution >= 4 is 29.1 Å². The van der Waals surface area contributed by atoms with E-state index in [-0.39, 0.29) is 22.1 Å². The highest BCUT2D eigenvalue weighted by Crippen LogP contribution is 2.44. The number of ether oxygens (including phenoxy) is 3. The fourth-order valence-electron chi connectivity index (χ4n) is 4.62. The number of hydrogen-bond donors (Lipinski definition) is 1. The Morgan fingerprint density at radius 2 is 1.59 bits per heavy atom. The number of esters is 1. The number of nitrogens with zero attached hydrogens (tertiary/aromatic N) is 1. The summed E-state index contributed by atoms with van der Waals surface area (Å²) in [5.74, 6) is -1.96. The Bertz CT molecular complexity index is 1460. The molecule has 39 heavy (non-hydrogen) atoms. The molecule has 4 rings (SSSR count). The minimum atomic E-state index is -0.983. The van der Waals surface area contributed by atoms with Gasteiger partial charge in [0.05, 0.1) is 44.1 Å². The quantitative estimate of drug-likeness (QED) is 0.197. The molecule has 8 heteroatoms. The molecule has 1 amide bonds. The van der Waals surface area contributed by atoms with Crippen LogP contribution < -0.4 is 14.4 Å². The maximum Gasteiger partial charge on any atom is 0.337 e. The molecule has 0 spiro atoms. The van der Waals surface area contributed by atoms with Gasteiger partial charge in [-0.15, -0.1) is 0 Å². The molecule has 1 fully saturated rings. The summed E-state index contributed by atoms with van der Waals surface area (Å²) in [5.41, 5.74) is 2.16. The highest BCUT2D eigenvalue weighted by Gasteiger charge is 2.47. The third-order valence-electron chi connectivity index (χ3n) is 6.74. The van der Waals surface area contributed by atoms with E-state index in [1.165, 1.54) is 32.3 Å². The van der Waals surface area contributed by atoms with E-state index in [1.807, 2.05) is 24.3 Å². The molecule has 1 N–H and O–H groups in total. The van der Waals surface area contributed by atoms with Gasteiger partial charge in [-0.3, -0.25) is 14.5 Å². The molecular formula is C31H31NO7. The first-order valence-electron chi connectivity index (χ1n) is 12.3. The predicted molar refractivity (Wildman–Crippen MR) is 147 cm³/mol. The highest BCUT2D eigenvalue weighted by molar-refractivity contribution is 6.51. The van der Waals surface area contributed by atoms with Crippen molar-refractivity contribution in [2.45, 2.75) is 32.2 Å². The monoisotopic (exact) mass is 529 g/mol. The lowest BCUT2D eigenvalue weighted by molar-refractivity contribution is -0.132. The summed E-state index contributed by atoms with van der Waals surface area (Å²) in [5, 5.41) is 11.6. The second-order valence-corrected chi connectivity index (χ2v) is 10.1. The van der Waals surface area contributed by atoms with Crippen LogP contribution in [0.15, 0.2) is 72.3 Å². The molecule has 1 aliphatic heterocycles. The maximum absolute atomic E-state index is 13.6. The number of carbonyl (C=O) groups excluding carboxylic acids is 3. The molecule has 1 aliphatic rings. The first-order valence-corrected chi connectivity index (χ1v) is 12.3. The Morgan fingerprint density at radius 1 is 0.897 bits per heavy atom. The number of hydrogen-bond acceptors (Lipinski definition) is 7. The van der Waals surface area contributed by atoms with E-state index >= 15 is 0 Å². The molecule has 1 heterocycles. The molecule has 8 nitrogen and oxygen atoms in total. The van der Waals surface area contributed by atoms with Crippen LogP contribution in [0.3, 0.4) is 0 Å². The SMILES string of the molecule is COC(=O)c1cccc(N2C(=O)C(=O)/C(=C(/O)c3cc(OC)ccc3OC)C2c2ccc(C(C)(C)C)cc2)c1. The number of methoxy groups -OCH3 is 3. The first-order chi connectivity index (χ1) is 18.5. The largest absolute Gasteiger partial charge is 0.507 e. The normalized spacial score (nSPS) is 16.8. The van der Waals surface area contributed by atoms with Crippen LogP contribution in [0.5, 0.6) is 11.5 Å². The van der Waals surface area contributed by atoms with Crippen LogP contribution in [0.2, 0.25) is 0 Å². The van der Waals surface area contributed by atoms with Gasteiger partial charge in [0.1, 0.15) is 17.3 Å². The van der Waals surface area contributed by atoms with Crippen molar-refractivity contribution in [3.63, 3.8) is 0 Å². The Kier molecular flexibility index (Phi) is 7.49. The minimum absolute atomic E-state index is 0.112. The molecule has 3 aromatic rings. The van der Waals surface area contributed by atoms with Crippen molar-refractivity contribution in [2.75, 3.05) is 26.2 Å². The van der Waals surface area contributed by atoms with Gasteiger partial charge in [0.15, 0.2) is 0 Å². The molecular weight excluding hydrogens is 498 g/mol. The number of carbonyl (C=O) groups is 3. The minimum Gasteiger partial charge on any atom is -0.507 e. The molecule has 0 bridgehead atoms. The van der Waals surface area contributed by atoms with Gasteiger partial charge in [0, 0.05) is 5.69 Å². The van der Waals surface area contributed by atoms with Crippen LogP contribution in [-0.2, 0) is 19.7 Å². The lowest BCUT2D eigenvalue weighted by Crippen LogP contribution is -2.29. The van der Waals surface area contributed by atoms with Gasteiger partial charge in [-0.2, -0.15) is 0 Å². The zero-order chi connectivity index (χ0) is 28.5.